The first-order valence-electron chi connectivity index (χ1n) is 23.3. The van der Waals surface area contributed by atoms with Crippen LogP contribution in [0.2, 0.25) is 0 Å². The van der Waals surface area contributed by atoms with Crippen LogP contribution in [0.25, 0.3) is 0 Å². The molecule has 0 aromatic rings. The minimum absolute atomic E-state index is 0.0339. The van der Waals surface area contributed by atoms with E-state index in [9.17, 15) is 14.4 Å². The van der Waals surface area contributed by atoms with Crippen LogP contribution in [-0.2, 0) is 28.6 Å². The number of carbonyl (C=O) groups excluding carboxylic acids is 3. The van der Waals surface area contributed by atoms with Gasteiger partial charge in [0.15, 0.2) is 0 Å². The van der Waals surface area contributed by atoms with E-state index < -0.39 is 0 Å². The van der Waals surface area contributed by atoms with Gasteiger partial charge in [-0.2, -0.15) is 0 Å². The van der Waals surface area contributed by atoms with E-state index in [0.29, 0.717) is 32.5 Å². The summed E-state index contributed by atoms with van der Waals surface area (Å²) in [5.74, 6) is -0.257. The molecule has 0 unspecified atom stereocenters. The monoisotopic (exact) mass is 790 g/mol. The fourth-order valence-corrected chi connectivity index (χ4v) is 8.02. The zero-order valence-electron chi connectivity index (χ0n) is 38.2. The zero-order valence-corrected chi connectivity index (χ0v) is 38.2. The van der Waals surface area contributed by atoms with Crippen molar-refractivity contribution in [3.8, 4) is 0 Å². The molecule has 7 heteroatoms. The normalized spacial score (nSPS) is 12.4. The Morgan fingerprint density at radius 1 is 0.518 bits per heavy atom. The first-order valence-corrected chi connectivity index (χ1v) is 23.3. The Labute approximate surface area is 346 Å². The lowest BCUT2D eigenvalue weighted by atomic mass is 9.73. The molecule has 0 amide bonds. The summed E-state index contributed by atoms with van der Waals surface area (Å²) in [6.07, 6.45) is 37.2. The summed E-state index contributed by atoms with van der Waals surface area (Å²) >= 11 is 0. The number of esters is 3. The Hall–Kier alpha value is -2.15. The number of carbonyl (C=O) groups is 3. The predicted octanol–water partition coefficient (Wildman–Crippen LogP) is 13.7. The van der Waals surface area contributed by atoms with Gasteiger partial charge in [0.2, 0.25) is 0 Å². The van der Waals surface area contributed by atoms with Gasteiger partial charge in [0.05, 0.1) is 6.42 Å². The number of unbranched alkanes of at least 4 members (excludes halogenated alkanes) is 18. The van der Waals surface area contributed by atoms with E-state index >= 15 is 0 Å². The second-order valence-corrected chi connectivity index (χ2v) is 18.4. The SMILES string of the molecule is CCCCCC/C=C\COC(=O)CCCCCCCCC(CCCCCCCCC(=O)OC/C=C\CCCCCC)OC(=O)CC(C)(C)CC(C)(C)CN(C)C. The zero-order chi connectivity index (χ0) is 41.8. The Balaban J connectivity index is 4.51. The molecule has 56 heavy (non-hydrogen) atoms. The summed E-state index contributed by atoms with van der Waals surface area (Å²) in [6, 6.07) is 0. The van der Waals surface area contributed by atoms with Gasteiger partial charge < -0.3 is 19.1 Å². The highest BCUT2D eigenvalue weighted by atomic mass is 16.5. The van der Waals surface area contributed by atoms with E-state index in [1.54, 1.807) is 0 Å². The van der Waals surface area contributed by atoms with Crippen LogP contribution in [0.3, 0.4) is 0 Å². The van der Waals surface area contributed by atoms with E-state index in [0.717, 1.165) is 116 Å². The highest BCUT2D eigenvalue weighted by molar-refractivity contribution is 5.70. The van der Waals surface area contributed by atoms with Crippen LogP contribution in [0.1, 0.15) is 221 Å². The van der Waals surface area contributed by atoms with E-state index in [1.807, 2.05) is 12.2 Å². The van der Waals surface area contributed by atoms with Crippen molar-refractivity contribution < 1.29 is 28.6 Å². The first-order chi connectivity index (χ1) is 26.8. The molecular weight excluding hydrogens is 699 g/mol. The van der Waals surface area contributed by atoms with Crippen LogP contribution in [0.4, 0.5) is 0 Å². The summed E-state index contributed by atoms with van der Waals surface area (Å²) in [5.41, 5.74) is -0.0162. The largest absolute Gasteiger partial charge is 0.462 e. The minimum atomic E-state index is -0.130. The molecule has 0 N–H and O–H groups in total. The van der Waals surface area contributed by atoms with E-state index in [-0.39, 0.29) is 34.8 Å². The highest BCUT2D eigenvalue weighted by Gasteiger charge is 2.32. The average molecular weight is 790 g/mol. The number of allylic oxidation sites excluding steroid dienone is 2. The molecule has 0 atom stereocenters. The number of ether oxygens (including phenoxy) is 3. The molecule has 0 aromatic heterocycles. The summed E-state index contributed by atoms with van der Waals surface area (Å²) in [5, 5.41) is 0. The second kappa shape index (κ2) is 36.0. The number of hydrogen-bond donors (Lipinski definition) is 0. The molecule has 0 spiro atoms. The third-order valence-electron chi connectivity index (χ3n) is 10.4. The molecule has 0 aliphatic heterocycles. The topological polar surface area (TPSA) is 82.1 Å². The third kappa shape index (κ3) is 37.4. The molecule has 0 fully saturated rings. The van der Waals surface area contributed by atoms with Gasteiger partial charge in [0, 0.05) is 19.4 Å². The average Bonchev–Trinajstić information content (AvgIpc) is 3.11. The van der Waals surface area contributed by atoms with Gasteiger partial charge in [-0.3, -0.25) is 14.4 Å². The number of rotatable bonds is 39. The van der Waals surface area contributed by atoms with Crippen LogP contribution in [-0.4, -0.2) is 62.8 Å². The molecule has 0 aromatic carbocycles. The molecule has 0 bridgehead atoms. The summed E-state index contributed by atoms with van der Waals surface area (Å²) in [6.45, 7) is 15.2. The van der Waals surface area contributed by atoms with Crippen LogP contribution in [0.5, 0.6) is 0 Å². The molecular formula is C49H91NO6. The molecule has 0 rings (SSSR count). The molecule has 328 valence electrons. The number of hydrogen-bond acceptors (Lipinski definition) is 7. The van der Waals surface area contributed by atoms with E-state index in [1.165, 1.54) is 51.4 Å². The molecule has 0 saturated carbocycles. The number of nitrogens with zero attached hydrogens (tertiary/aromatic N) is 1. The molecule has 0 aliphatic rings. The van der Waals surface area contributed by atoms with Gasteiger partial charge in [-0.15, -0.1) is 0 Å². The van der Waals surface area contributed by atoms with Crippen molar-refractivity contribution in [3.63, 3.8) is 0 Å². The first kappa shape index (κ1) is 53.9. The quantitative estimate of drug-likeness (QED) is 0.0265. The van der Waals surface area contributed by atoms with Crippen LogP contribution < -0.4 is 0 Å². The Morgan fingerprint density at radius 2 is 0.929 bits per heavy atom. The van der Waals surface area contributed by atoms with Crippen molar-refractivity contribution in [2.75, 3.05) is 33.9 Å². The fourth-order valence-electron chi connectivity index (χ4n) is 8.02. The van der Waals surface area contributed by atoms with Crippen molar-refractivity contribution in [2.24, 2.45) is 10.8 Å². The molecule has 0 radical (unpaired) electrons. The van der Waals surface area contributed by atoms with Gasteiger partial charge in [-0.05, 0) is 95.6 Å². The lowest BCUT2D eigenvalue weighted by Gasteiger charge is -2.36. The summed E-state index contributed by atoms with van der Waals surface area (Å²) in [4.78, 5) is 39.6. The van der Waals surface area contributed by atoms with Gasteiger partial charge in [0.1, 0.15) is 19.3 Å². The van der Waals surface area contributed by atoms with Crippen LogP contribution in [0.15, 0.2) is 24.3 Å². The maximum atomic E-state index is 13.3. The smallest absolute Gasteiger partial charge is 0.306 e. The Kier molecular flexibility index (Phi) is 34.6. The van der Waals surface area contributed by atoms with Crippen molar-refractivity contribution in [2.45, 2.75) is 227 Å². The van der Waals surface area contributed by atoms with Crippen molar-refractivity contribution in [1.82, 2.24) is 4.90 Å². The predicted molar refractivity (Wildman–Crippen MR) is 237 cm³/mol. The van der Waals surface area contributed by atoms with Gasteiger partial charge in [0.25, 0.3) is 0 Å². The van der Waals surface area contributed by atoms with Crippen molar-refractivity contribution in [1.29, 1.82) is 0 Å². The van der Waals surface area contributed by atoms with Crippen molar-refractivity contribution >= 4 is 17.9 Å². The maximum absolute atomic E-state index is 13.3. The third-order valence-corrected chi connectivity index (χ3v) is 10.4. The van der Waals surface area contributed by atoms with Crippen molar-refractivity contribution in [3.05, 3.63) is 24.3 Å². The lowest BCUT2D eigenvalue weighted by molar-refractivity contribution is -0.153. The maximum Gasteiger partial charge on any atom is 0.306 e. The summed E-state index contributed by atoms with van der Waals surface area (Å²) in [7, 11) is 4.21. The molecule has 0 heterocycles. The summed E-state index contributed by atoms with van der Waals surface area (Å²) < 4.78 is 16.9. The van der Waals surface area contributed by atoms with Gasteiger partial charge >= 0.3 is 17.9 Å². The van der Waals surface area contributed by atoms with Crippen LogP contribution in [0, 0.1) is 10.8 Å². The minimum Gasteiger partial charge on any atom is -0.462 e. The standard InChI is InChI=1S/C49H91NO6/c1-9-11-13-15-21-27-33-39-54-45(51)37-31-25-19-17-23-29-35-44(56-47(53)41-48(3,4)42-49(5,6)43-50(7)8)36-30-24-18-20-26-32-38-46(52)55-40-34-28-22-16-14-12-10-2/h27-28,33-34,44H,9-26,29-32,35-43H2,1-8H3/b33-27-,34-28-. The van der Waals surface area contributed by atoms with Gasteiger partial charge in [-0.1, -0.05) is 156 Å². The van der Waals surface area contributed by atoms with E-state index in [2.05, 4.69) is 72.7 Å². The van der Waals surface area contributed by atoms with E-state index in [4.69, 9.17) is 14.2 Å². The fraction of sp³-hybridized carbons (Fsp3) is 0.857. The Morgan fingerprint density at radius 3 is 1.36 bits per heavy atom. The Bertz CT molecular complexity index is 962. The van der Waals surface area contributed by atoms with Crippen LogP contribution >= 0.6 is 0 Å². The van der Waals surface area contributed by atoms with Gasteiger partial charge in [-0.25, -0.2) is 0 Å². The molecule has 7 nitrogen and oxygen atoms in total. The molecule has 0 saturated heterocycles. The second-order valence-electron chi connectivity index (χ2n) is 18.4. The highest BCUT2D eigenvalue weighted by Crippen LogP contribution is 2.37. The lowest BCUT2D eigenvalue weighted by Crippen LogP contribution is -2.34. The molecule has 0 aliphatic carbocycles.